The first-order valence-electron chi connectivity index (χ1n) is 0.845. The molecular formula is HCl5LiP. The second kappa shape index (κ2) is 3.04. The van der Waals surface area contributed by atoms with Crippen molar-refractivity contribution in [1.29, 1.82) is 0 Å². The Balaban J connectivity index is 0. The van der Waals surface area contributed by atoms with Gasteiger partial charge >= 0.3 is 78.4 Å². The van der Waals surface area contributed by atoms with Crippen molar-refractivity contribution < 1.29 is 0 Å². The van der Waals surface area contributed by atoms with Crippen LogP contribution in [0.15, 0.2) is 0 Å². The Morgan fingerprint density at radius 1 is 0.714 bits per heavy atom. The number of rotatable bonds is 0. The molecule has 0 saturated carbocycles. The molecular weight excluding hydrogens is 215 g/mol. The third kappa shape index (κ3) is 58.0. The van der Waals surface area contributed by atoms with Gasteiger partial charge in [-0.05, 0) is 0 Å². The van der Waals surface area contributed by atoms with Crippen LogP contribution in [0.1, 0.15) is 0 Å². The van der Waals surface area contributed by atoms with Gasteiger partial charge in [0.25, 0.3) is 0 Å². The zero-order valence-corrected chi connectivity index (χ0v) is 7.01. The van der Waals surface area contributed by atoms with Crippen LogP contribution in [0.2, 0.25) is 0 Å². The van der Waals surface area contributed by atoms with E-state index in [0.717, 1.165) is 0 Å². The van der Waals surface area contributed by atoms with Crippen LogP contribution in [0.5, 0.6) is 0 Å². The van der Waals surface area contributed by atoms with E-state index >= 15 is 0 Å². The average molecular weight is 216 g/mol. The summed E-state index contributed by atoms with van der Waals surface area (Å²) in [4.78, 5) is 0. The van der Waals surface area contributed by atoms with Crippen molar-refractivity contribution >= 4 is 78.4 Å². The van der Waals surface area contributed by atoms with Gasteiger partial charge in [0.2, 0.25) is 0 Å². The molecule has 0 fully saturated rings. The Morgan fingerprint density at radius 3 is 0.714 bits per heavy atom. The molecule has 0 amide bonds. The van der Waals surface area contributed by atoms with Crippen molar-refractivity contribution in [3.05, 3.63) is 0 Å². The number of halogens is 5. The van der Waals surface area contributed by atoms with Gasteiger partial charge in [-0.25, -0.2) is 0 Å². The first kappa shape index (κ1) is 12.2. The monoisotopic (exact) mass is 214 g/mol. The topological polar surface area (TPSA) is 0 Å². The fourth-order valence-electron chi connectivity index (χ4n) is 0. The van der Waals surface area contributed by atoms with Gasteiger partial charge in [0, 0.05) is 0 Å². The van der Waals surface area contributed by atoms with E-state index in [9.17, 15) is 0 Å². The van der Waals surface area contributed by atoms with Crippen LogP contribution in [0.3, 0.4) is 0 Å². The Kier molecular flexibility index (Phi) is 5.30. The zero-order valence-electron chi connectivity index (χ0n) is 2.34. The summed E-state index contributed by atoms with van der Waals surface area (Å²) in [6.45, 7) is 0. The van der Waals surface area contributed by atoms with Gasteiger partial charge in [0.15, 0.2) is 0 Å². The zero-order chi connectivity index (χ0) is 5.45. The summed E-state index contributed by atoms with van der Waals surface area (Å²) >= 11 is 24.9. The Bertz CT molecular complexity index is 41.3. The van der Waals surface area contributed by atoms with Crippen molar-refractivity contribution in [3.8, 4) is 0 Å². The minimum atomic E-state index is -3.69. The first-order chi connectivity index (χ1) is 2.24. The third-order valence-electron chi connectivity index (χ3n) is 0. The van der Waals surface area contributed by atoms with Gasteiger partial charge in [0.1, 0.15) is 0 Å². The predicted molar refractivity (Wildman–Crippen MR) is 43.3 cm³/mol. The van der Waals surface area contributed by atoms with Gasteiger partial charge in [0.05, 0.1) is 0 Å². The summed E-state index contributed by atoms with van der Waals surface area (Å²) < 4.78 is -3.69. The molecule has 0 aromatic rings. The van der Waals surface area contributed by atoms with E-state index < -0.39 is 3.37 Å². The minimum absolute atomic E-state index is 0. The molecule has 0 atom stereocenters. The Hall–Kier alpha value is 2.48. The summed E-state index contributed by atoms with van der Waals surface area (Å²) in [5.74, 6) is 0. The summed E-state index contributed by atoms with van der Waals surface area (Å²) in [6.07, 6.45) is 0. The van der Waals surface area contributed by atoms with Crippen molar-refractivity contribution in [1.82, 2.24) is 0 Å². The maximum atomic E-state index is 4.98. The molecule has 7 heteroatoms. The Morgan fingerprint density at radius 2 is 0.714 bits per heavy atom. The molecule has 0 N–H and O–H groups in total. The average Bonchev–Trinajstić information content (AvgIpc) is 0.650. The van der Waals surface area contributed by atoms with E-state index in [2.05, 4.69) is 0 Å². The molecule has 0 aliphatic carbocycles. The SMILES string of the molecule is ClP(Cl)(Cl)(Cl)Cl.[LiH]. The molecule has 7 heavy (non-hydrogen) atoms. The summed E-state index contributed by atoms with van der Waals surface area (Å²) in [5.41, 5.74) is 0. The van der Waals surface area contributed by atoms with Gasteiger partial charge in [-0.15, -0.1) is 0 Å². The molecule has 0 aromatic carbocycles. The van der Waals surface area contributed by atoms with Crippen molar-refractivity contribution in [3.63, 3.8) is 0 Å². The van der Waals surface area contributed by atoms with Crippen LogP contribution >= 0.6 is 59.6 Å². The second-order valence-electron chi connectivity index (χ2n) is 0.639. The summed E-state index contributed by atoms with van der Waals surface area (Å²) in [5, 5.41) is 0. The van der Waals surface area contributed by atoms with Crippen molar-refractivity contribution in [2.75, 3.05) is 0 Å². The number of hydrogen-bond acceptors (Lipinski definition) is 0. The molecule has 42 valence electrons. The normalized spacial score (nSPS) is 16.4. The van der Waals surface area contributed by atoms with Gasteiger partial charge in [-0.2, -0.15) is 0 Å². The molecule has 0 radical (unpaired) electrons. The molecule has 0 heterocycles. The molecule has 0 unspecified atom stereocenters. The van der Waals surface area contributed by atoms with Gasteiger partial charge < -0.3 is 0 Å². The standard InChI is InChI=1S/Cl5P.Li.H/c1-6(2,3,4)5;;. The van der Waals surface area contributed by atoms with Crippen molar-refractivity contribution in [2.45, 2.75) is 0 Å². The third-order valence-corrected chi connectivity index (χ3v) is 0. The molecule has 0 aromatic heterocycles. The molecule has 0 spiro atoms. The van der Waals surface area contributed by atoms with Crippen LogP contribution in [-0.4, -0.2) is 18.9 Å². The van der Waals surface area contributed by atoms with Crippen LogP contribution in [0.25, 0.3) is 0 Å². The molecule has 0 aliphatic rings. The fourth-order valence-corrected chi connectivity index (χ4v) is 0. The number of hydrogen-bond donors (Lipinski definition) is 0. The van der Waals surface area contributed by atoms with Crippen LogP contribution in [-0.2, 0) is 0 Å². The van der Waals surface area contributed by atoms with E-state index in [1.165, 1.54) is 0 Å². The van der Waals surface area contributed by atoms with Crippen LogP contribution < -0.4 is 0 Å². The first-order valence-corrected chi connectivity index (χ1v) is 7.61. The van der Waals surface area contributed by atoms with E-state index in [-0.39, 0.29) is 18.9 Å². The Labute approximate surface area is 77.8 Å². The predicted octanol–water partition coefficient (Wildman–Crippen LogP) is 3.66. The summed E-state index contributed by atoms with van der Waals surface area (Å²) in [7, 11) is 0. The van der Waals surface area contributed by atoms with E-state index in [0.29, 0.717) is 0 Å². The van der Waals surface area contributed by atoms with Gasteiger partial charge in [-0.3, -0.25) is 0 Å². The quantitative estimate of drug-likeness (QED) is 0.428. The van der Waals surface area contributed by atoms with Crippen LogP contribution in [0, 0.1) is 0 Å². The van der Waals surface area contributed by atoms with Crippen LogP contribution in [0.4, 0.5) is 0 Å². The molecule has 0 aliphatic heterocycles. The maximum absolute atomic E-state index is 4.98. The van der Waals surface area contributed by atoms with E-state index in [1.807, 2.05) is 0 Å². The van der Waals surface area contributed by atoms with E-state index in [1.54, 1.807) is 0 Å². The molecule has 0 rings (SSSR count). The molecule has 0 saturated heterocycles. The summed E-state index contributed by atoms with van der Waals surface area (Å²) in [6, 6.07) is 0. The molecule has 0 bridgehead atoms. The van der Waals surface area contributed by atoms with E-state index in [4.69, 9.17) is 56.2 Å². The fraction of sp³-hybridized carbons (Fsp3) is 0. The van der Waals surface area contributed by atoms with Crippen molar-refractivity contribution in [2.24, 2.45) is 0 Å². The molecule has 0 nitrogen and oxygen atoms in total. The second-order valence-corrected chi connectivity index (χ2v) is 17.2. The van der Waals surface area contributed by atoms with Gasteiger partial charge in [-0.1, -0.05) is 0 Å².